The van der Waals surface area contributed by atoms with E-state index in [1.165, 1.54) is 11.3 Å². The highest BCUT2D eigenvalue weighted by molar-refractivity contribution is 7.14. The number of likely N-dealkylation sites (N-methyl/N-ethyl adjacent to an activating group) is 1. The lowest BCUT2D eigenvalue weighted by Crippen LogP contribution is -2.47. The molecule has 0 saturated carbocycles. The maximum absolute atomic E-state index is 12.8. The van der Waals surface area contributed by atoms with Crippen molar-refractivity contribution in [3.05, 3.63) is 40.8 Å². The maximum atomic E-state index is 12.8. The molecule has 3 N–H and O–H groups in total. The number of anilines is 2. The summed E-state index contributed by atoms with van der Waals surface area (Å²) in [5.41, 5.74) is 9.84. The van der Waals surface area contributed by atoms with E-state index >= 15 is 0 Å². The van der Waals surface area contributed by atoms with Gasteiger partial charge in [-0.1, -0.05) is 18.2 Å². The molecule has 0 unspecified atom stereocenters. The Morgan fingerprint density at radius 3 is 2.79 bits per heavy atom. The Bertz CT molecular complexity index is 736. The van der Waals surface area contributed by atoms with Gasteiger partial charge in [0.1, 0.15) is 5.82 Å². The van der Waals surface area contributed by atoms with E-state index in [9.17, 15) is 4.79 Å². The van der Waals surface area contributed by atoms with Gasteiger partial charge in [-0.3, -0.25) is 10.2 Å². The number of hydrazone groups is 1. The van der Waals surface area contributed by atoms with Gasteiger partial charge in [0.05, 0.1) is 6.21 Å². The summed E-state index contributed by atoms with van der Waals surface area (Å²) in [6.45, 7) is 3.29. The molecule has 1 saturated heterocycles. The third kappa shape index (κ3) is 3.90. The first kappa shape index (κ1) is 16.4. The molecule has 1 fully saturated rings. The highest BCUT2D eigenvalue weighted by Gasteiger charge is 2.21. The highest BCUT2D eigenvalue weighted by atomic mass is 32.1. The predicted octanol–water partition coefficient (Wildman–Crippen LogP) is 1.56. The fraction of sp³-hybridized carbons (Fsp3) is 0.312. The summed E-state index contributed by atoms with van der Waals surface area (Å²) in [6, 6.07) is 7.48. The number of carbonyl (C=O) groups is 1. The molecule has 1 aromatic heterocycles. The van der Waals surface area contributed by atoms with Gasteiger partial charge in [-0.2, -0.15) is 5.10 Å². The maximum Gasteiger partial charge on any atom is 0.254 e. The number of carbonyl (C=O) groups excluding carboxylic acids is 1. The van der Waals surface area contributed by atoms with Crippen molar-refractivity contribution in [3.63, 3.8) is 0 Å². The number of nitrogens with two attached hydrogens (primary N) is 1. The average Bonchev–Trinajstić information content (AvgIpc) is 3.01. The standard InChI is InChI=1S/C16H20N6OS/c1-21-6-8-22(9-7-21)15(23)13-5-3-2-4-12(13)10-18-20-16-19-14(17)11-24-16/h2-5,10-11H,6-9,17H2,1H3,(H,19,20). The first-order chi connectivity index (χ1) is 11.6. The topological polar surface area (TPSA) is 86.8 Å². The number of rotatable bonds is 4. The number of thiazole rings is 1. The van der Waals surface area contributed by atoms with Crippen molar-refractivity contribution < 1.29 is 4.79 Å². The van der Waals surface area contributed by atoms with Gasteiger partial charge in [0.15, 0.2) is 0 Å². The number of aromatic nitrogens is 1. The van der Waals surface area contributed by atoms with Gasteiger partial charge in [-0.15, -0.1) is 11.3 Å². The highest BCUT2D eigenvalue weighted by Crippen LogP contribution is 2.16. The number of piperazine rings is 1. The van der Waals surface area contributed by atoms with E-state index in [2.05, 4.69) is 27.5 Å². The third-order valence-corrected chi connectivity index (χ3v) is 4.63. The van der Waals surface area contributed by atoms with Crippen molar-refractivity contribution in [1.82, 2.24) is 14.8 Å². The molecule has 7 nitrogen and oxygen atoms in total. The lowest BCUT2D eigenvalue weighted by atomic mass is 10.1. The van der Waals surface area contributed by atoms with Gasteiger partial charge in [0.25, 0.3) is 5.91 Å². The molecule has 0 atom stereocenters. The van der Waals surface area contributed by atoms with E-state index in [1.807, 2.05) is 29.2 Å². The van der Waals surface area contributed by atoms with Crippen LogP contribution in [-0.2, 0) is 0 Å². The van der Waals surface area contributed by atoms with Crippen LogP contribution in [0.3, 0.4) is 0 Å². The van der Waals surface area contributed by atoms with Crippen molar-refractivity contribution >= 4 is 34.4 Å². The fourth-order valence-electron chi connectivity index (χ4n) is 2.48. The molecule has 0 bridgehead atoms. The van der Waals surface area contributed by atoms with Crippen LogP contribution in [0.5, 0.6) is 0 Å². The Kier molecular flexibility index (Phi) is 5.07. The van der Waals surface area contributed by atoms with Crippen molar-refractivity contribution in [1.29, 1.82) is 0 Å². The Balaban J connectivity index is 1.71. The third-order valence-electron chi connectivity index (χ3n) is 3.87. The van der Waals surface area contributed by atoms with Crippen LogP contribution >= 0.6 is 11.3 Å². The van der Waals surface area contributed by atoms with Gasteiger partial charge in [0.2, 0.25) is 5.13 Å². The molecule has 24 heavy (non-hydrogen) atoms. The molecule has 0 aliphatic carbocycles. The molecule has 0 radical (unpaired) electrons. The second kappa shape index (κ2) is 7.41. The van der Waals surface area contributed by atoms with Crippen LogP contribution in [-0.4, -0.2) is 60.1 Å². The van der Waals surface area contributed by atoms with Crippen LogP contribution in [0.2, 0.25) is 0 Å². The van der Waals surface area contributed by atoms with Crippen LogP contribution < -0.4 is 11.2 Å². The zero-order chi connectivity index (χ0) is 16.9. The van der Waals surface area contributed by atoms with Crippen LogP contribution in [0.4, 0.5) is 10.9 Å². The van der Waals surface area contributed by atoms with E-state index in [-0.39, 0.29) is 5.91 Å². The van der Waals surface area contributed by atoms with Gasteiger partial charge in [-0.05, 0) is 13.1 Å². The van der Waals surface area contributed by atoms with Gasteiger partial charge < -0.3 is 15.5 Å². The molecule has 8 heteroatoms. The van der Waals surface area contributed by atoms with Crippen molar-refractivity contribution in [3.8, 4) is 0 Å². The monoisotopic (exact) mass is 344 g/mol. The smallest absolute Gasteiger partial charge is 0.254 e. The lowest BCUT2D eigenvalue weighted by Gasteiger charge is -2.32. The molecule has 3 rings (SSSR count). The summed E-state index contributed by atoms with van der Waals surface area (Å²) in [6.07, 6.45) is 1.64. The summed E-state index contributed by atoms with van der Waals surface area (Å²) < 4.78 is 0. The van der Waals surface area contributed by atoms with Gasteiger partial charge in [0, 0.05) is 42.7 Å². The zero-order valence-corrected chi connectivity index (χ0v) is 14.3. The average molecular weight is 344 g/mol. The van der Waals surface area contributed by atoms with Crippen LogP contribution in [0.25, 0.3) is 0 Å². The minimum absolute atomic E-state index is 0.0450. The SMILES string of the molecule is CN1CCN(C(=O)c2ccccc2C=NNc2nc(N)cs2)CC1. The van der Waals surface area contributed by atoms with Crippen LogP contribution in [0.1, 0.15) is 15.9 Å². The van der Waals surface area contributed by atoms with Crippen LogP contribution in [0.15, 0.2) is 34.7 Å². The molecule has 126 valence electrons. The molecule has 2 aromatic rings. The molecule has 1 aromatic carbocycles. The number of nitrogens with zero attached hydrogens (tertiary/aromatic N) is 4. The number of amides is 1. The summed E-state index contributed by atoms with van der Waals surface area (Å²) in [7, 11) is 2.07. The van der Waals surface area contributed by atoms with E-state index in [0.717, 1.165) is 31.7 Å². The normalized spacial score (nSPS) is 15.8. The summed E-state index contributed by atoms with van der Waals surface area (Å²) >= 11 is 1.38. The Morgan fingerprint density at radius 2 is 2.08 bits per heavy atom. The van der Waals surface area contributed by atoms with E-state index in [4.69, 9.17) is 5.73 Å². The molecule has 1 amide bonds. The lowest BCUT2D eigenvalue weighted by molar-refractivity contribution is 0.0664. The number of nitrogens with one attached hydrogen (secondary N) is 1. The zero-order valence-electron chi connectivity index (χ0n) is 13.5. The molecular weight excluding hydrogens is 324 g/mol. The summed E-state index contributed by atoms with van der Waals surface area (Å²) in [4.78, 5) is 20.9. The number of benzene rings is 1. The molecule has 1 aliphatic rings. The summed E-state index contributed by atoms with van der Waals surface area (Å²) in [5.74, 6) is 0.506. The summed E-state index contributed by atoms with van der Waals surface area (Å²) in [5, 5.41) is 6.52. The van der Waals surface area contributed by atoms with Crippen molar-refractivity contribution in [2.45, 2.75) is 0 Å². The minimum Gasteiger partial charge on any atom is -0.383 e. The fourth-order valence-corrected chi connectivity index (χ4v) is 3.03. The largest absolute Gasteiger partial charge is 0.383 e. The van der Waals surface area contributed by atoms with Crippen LogP contribution in [0, 0.1) is 0 Å². The van der Waals surface area contributed by atoms with Gasteiger partial charge >= 0.3 is 0 Å². The Hall–Kier alpha value is -2.45. The number of nitrogen functional groups attached to an aromatic ring is 1. The van der Waals surface area contributed by atoms with E-state index in [0.29, 0.717) is 16.5 Å². The van der Waals surface area contributed by atoms with Crippen molar-refractivity contribution in [2.24, 2.45) is 5.10 Å². The Labute approximate surface area is 144 Å². The second-order valence-electron chi connectivity index (χ2n) is 5.63. The molecule has 1 aliphatic heterocycles. The predicted molar refractivity (Wildman–Crippen MR) is 97.6 cm³/mol. The van der Waals surface area contributed by atoms with Gasteiger partial charge in [-0.25, -0.2) is 4.98 Å². The minimum atomic E-state index is 0.0450. The molecular formula is C16H20N6OS. The van der Waals surface area contributed by atoms with E-state index < -0.39 is 0 Å². The number of hydrogen-bond acceptors (Lipinski definition) is 7. The number of hydrogen-bond donors (Lipinski definition) is 2. The first-order valence-corrected chi connectivity index (χ1v) is 8.58. The molecule has 0 spiro atoms. The first-order valence-electron chi connectivity index (χ1n) is 7.70. The van der Waals surface area contributed by atoms with Crippen molar-refractivity contribution in [2.75, 3.05) is 44.4 Å². The molecule has 2 heterocycles. The second-order valence-corrected chi connectivity index (χ2v) is 6.49. The quantitative estimate of drug-likeness (QED) is 0.649. The Morgan fingerprint density at radius 1 is 1.33 bits per heavy atom. The van der Waals surface area contributed by atoms with E-state index in [1.54, 1.807) is 11.6 Å².